The zero-order valence-electron chi connectivity index (χ0n) is 19.1. The van der Waals surface area contributed by atoms with Gasteiger partial charge in [0.15, 0.2) is 5.65 Å². The highest BCUT2D eigenvalue weighted by Crippen LogP contribution is 2.39. The number of aromatic nitrogens is 4. The van der Waals surface area contributed by atoms with Crippen molar-refractivity contribution in [2.24, 2.45) is 0 Å². The second-order valence-corrected chi connectivity index (χ2v) is 8.73. The molecule has 0 aliphatic heterocycles. The van der Waals surface area contributed by atoms with E-state index in [-0.39, 0.29) is 12.1 Å². The zero-order valence-corrected chi connectivity index (χ0v) is 19.1. The van der Waals surface area contributed by atoms with Crippen molar-refractivity contribution in [1.82, 2.24) is 19.7 Å². The molecule has 1 saturated carbocycles. The first-order chi connectivity index (χ1) is 17.2. The van der Waals surface area contributed by atoms with E-state index in [4.69, 9.17) is 20.3 Å². The summed E-state index contributed by atoms with van der Waals surface area (Å²) in [4.78, 5) is 8.75. The third kappa shape index (κ3) is 4.34. The van der Waals surface area contributed by atoms with Gasteiger partial charge < -0.3 is 15.2 Å². The molecular formula is C28H25N5O2. The van der Waals surface area contributed by atoms with Gasteiger partial charge in [0, 0.05) is 5.56 Å². The molecule has 1 aliphatic rings. The highest BCUT2D eigenvalue weighted by atomic mass is 16.5. The Bertz CT molecular complexity index is 1430. The average molecular weight is 464 g/mol. The summed E-state index contributed by atoms with van der Waals surface area (Å²) in [5.74, 6) is 1.98. The van der Waals surface area contributed by atoms with Crippen LogP contribution in [0.4, 0.5) is 5.82 Å². The van der Waals surface area contributed by atoms with E-state index in [1.807, 2.05) is 77.5 Å². The van der Waals surface area contributed by atoms with Crippen molar-refractivity contribution >= 4 is 16.9 Å². The van der Waals surface area contributed by atoms with Crippen LogP contribution in [-0.2, 0) is 11.3 Å². The van der Waals surface area contributed by atoms with E-state index < -0.39 is 0 Å². The van der Waals surface area contributed by atoms with Gasteiger partial charge in [0.05, 0.1) is 24.1 Å². The van der Waals surface area contributed by atoms with Gasteiger partial charge in [0.2, 0.25) is 0 Å². The molecule has 6 rings (SSSR count). The Morgan fingerprint density at radius 1 is 0.829 bits per heavy atom. The second kappa shape index (κ2) is 9.19. The molecule has 2 N–H and O–H groups in total. The first-order valence-electron chi connectivity index (χ1n) is 11.7. The largest absolute Gasteiger partial charge is 0.457 e. The molecule has 1 aliphatic carbocycles. The second-order valence-electron chi connectivity index (χ2n) is 8.73. The minimum atomic E-state index is 0.205. The van der Waals surface area contributed by atoms with Crippen molar-refractivity contribution in [3.8, 4) is 22.8 Å². The Kier molecular flexibility index (Phi) is 5.60. The summed E-state index contributed by atoms with van der Waals surface area (Å²) in [6.07, 6.45) is 3.48. The lowest BCUT2D eigenvalue weighted by Crippen LogP contribution is -2.34. The molecule has 0 saturated heterocycles. The first-order valence-corrected chi connectivity index (χ1v) is 11.7. The smallest absolute Gasteiger partial charge is 0.164 e. The van der Waals surface area contributed by atoms with E-state index in [0.717, 1.165) is 46.6 Å². The molecule has 2 aromatic heterocycles. The maximum absolute atomic E-state index is 6.28. The molecule has 174 valence electrons. The van der Waals surface area contributed by atoms with Crippen LogP contribution in [0.2, 0.25) is 0 Å². The monoisotopic (exact) mass is 463 g/mol. The number of nitrogen functional groups attached to an aromatic ring is 1. The van der Waals surface area contributed by atoms with Gasteiger partial charge in [0.25, 0.3) is 0 Å². The van der Waals surface area contributed by atoms with Gasteiger partial charge in [-0.3, -0.25) is 0 Å². The van der Waals surface area contributed by atoms with Crippen molar-refractivity contribution < 1.29 is 9.47 Å². The van der Waals surface area contributed by atoms with E-state index in [9.17, 15) is 0 Å². The van der Waals surface area contributed by atoms with E-state index in [0.29, 0.717) is 12.4 Å². The lowest BCUT2D eigenvalue weighted by Gasteiger charge is -2.35. The van der Waals surface area contributed by atoms with Gasteiger partial charge in [-0.1, -0.05) is 48.5 Å². The SMILES string of the molecule is Nc1ncnc2c1c(-c1ccc(Oc3ccccc3)cc1)nn2C1CC(OCc2ccccc2)C1. The normalized spacial score (nSPS) is 17.3. The summed E-state index contributed by atoms with van der Waals surface area (Å²) in [5.41, 5.74) is 9.93. The third-order valence-corrected chi connectivity index (χ3v) is 6.37. The average Bonchev–Trinajstić information content (AvgIpc) is 3.25. The van der Waals surface area contributed by atoms with Gasteiger partial charge >= 0.3 is 0 Å². The summed E-state index contributed by atoms with van der Waals surface area (Å²) < 4.78 is 14.0. The predicted molar refractivity (Wildman–Crippen MR) is 135 cm³/mol. The van der Waals surface area contributed by atoms with E-state index in [1.54, 1.807) is 0 Å². The maximum atomic E-state index is 6.28. The van der Waals surface area contributed by atoms with Crippen molar-refractivity contribution in [2.75, 3.05) is 5.73 Å². The number of nitrogens with zero attached hydrogens (tertiary/aromatic N) is 4. The van der Waals surface area contributed by atoms with Gasteiger partial charge in [-0.15, -0.1) is 0 Å². The number of nitrogens with two attached hydrogens (primary N) is 1. The topological polar surface area (TPSA) is 88.1 Å². The molecule has 7 nitrogen and oxygen atoms in total. The summed E-state index contributed by atoms with van der Waals surface area (Å²) >= 11 is 0. The summed E-state index contributed by atoms with van der Waals surface area (Å²) in [6, 6.07) is 28.0. The molecule has 35 heavy (non-hydrogen) atoms. The predicted octanol–water partition coefficient (Wildman–Crippen LogP) is 5.79. The quantitative estimate of drug-likeness (QED) is 0.329. The molecule has 1 fully saturated rings. The van der Waals surface area contributed by atoms with Crippen LogP contribution in [0.3, 0.4) is 0 Å². The summed E-state index contributed by atoms with van der Waals surface area (Å²) in [7, 11) is 0. The Balaban J connectivity index is 1.22. The molecule has 2 heterocycles. The standard InChI is InChI=1S/C28H25N5O2/c29-27-25-26(20-11-13-23(14-12-20)35-22-9-5-2-6-10-22)32-33(28(25)31-18-30-27)21-15-24(16-21)34-17-19-7-3-1-4-8-19/h1-14,18,21,24H,15-17H2,(H2,29,30,31). The minimum Gasteiger partial charge on any atom is -0.457 e. The molecule has 0 amide bonds. The van der Waals surface area contributed by atoms with Crippen LogP contribution in [0.5, 0.6) is 11.5 Å². The number of para-hydroxylation sites is 1. The van der Waals surface area contributed by atoms with Gasteiger partial charge in [-0.05, 0) is 54.8 Å². The molecule has 0 unspecified atom stereocenters. The molecule has 0 spiro atoms. The van der Waals surface area contributed by atoms with Gasteiger partial charge in [0.1, 0.15) is 29.3 Å². The number of hydrogen-bond acceptors (Lipinski definition) is 6. The van der Waals surface area contributed by atoms with Crippen molar-refractivity contribution in [3.05, 3.63) is 96.8 Å². The van der Waals surface area contributed by atoms with Crippen LogP contribution in [0, 0.1) is 0 Å². The van der Waals surface area contributed by atoms with Crippen molar-refractivity contribution in [1.29, 1.82) is 0 Å². The minimum absolute atomic E-state index is 0.205. The first kappa shape index (κ1) is 21.3. The van der Waals surface area contributed by atoms with E-state index in [2.05, 4.69) is 22.1 Å². The molecule has 0 atom stereocenters. The van der Waals surface area contributed by atoms with Crippen molar-refractivity contribution in [2.45, 2.75) is 31.6 Å². The van der Waals surface area contributed by atoms with Gasteiger partial charge in [-0.2, -0.15) is 5.10 Å². The number of benzene rings is 3. The number of rotatable bonds is 7. The Hall–Kier alpha value is -4.23. The van der Waals surface area contributed by atoms with E-state index in [1.165, 1.54) is 11.9 Å². The fourth-order valence-corrected chi connectivity index (χ4v) is 4.42. The number of anilines is 1. The highest BCUT2D eigenvalue weighted by molar-refractivity contribution is 5.98. The highest BCUT2D eigenvalue weighted by Gasteiger charge is 2.34. The zero-order chi connectivity index (χ0) is 23.6. The molecule has 7 heteroatoms. The van der Waals surface area contributed by atoms with Crippen LogP contribution in [0.25, 0.3) is 22.3 Å². The van der Waals surface area contributed by atoms with Crippen LogP contribution in [-0.4, -0.2) is 25.9 Å². The lowest BCUT2D eigenvalue weighted by molar-refractivity contribution is -0.0374. The Morgan fingerprint density at radius 2 is 1.51 bits per heavy atom. The van der Waals surface area contributed by atoms with Crippen LogP contribution >= 0.6 is 0 Å². The number of hydrogen-bond donors (Lipinski definition) is 1. The molecule has 0 bridgehead atoms. The van der Waals surface area contributed by atoms with Gasteiger partial charge in [-0.25, -0.2) is 14.6 Å². The Morgan fingerprint density at radius 3 is 2.26 bits per heavy atom. The fraction of sp³-hybridized carbons (Fsp3) is 0.179. The fourth-order valence-electron chi connectivity index (χ4n) is 4.42. The number of ether oxygens (including phenoxy) is 2. The maximum Gasteiger partial charge on any atom is 0.164 e. The summed E-state index contributed by atoms with van der Waals surface area (Å²) in [5, 5.41) is 5.72. The van der Waals surface area contributed by atoms with Crippen molar-refractivity contribution in [3.63, 3.8) is 0 Å². The molecule has 5 aromatic rings. The van der Waals surface area contributed by atoms with Crippen LogP contribution in [0.15, 0.2) is 91.3 Å². The molecular weight excluding hydrogens is 438 g/mol. The van der Waals surface area contributed by atoms with Crippen LogP contribution in [0.1, 0.15) is 24.4 Å². The Labute approximate surface area is 203 Å². The third-order valence-electron chi connectivity index (χ3n) is 6.37. The molecule has 3 aromatic carbocycles. The van der Waals surface area contributed by atoms with E-state index >= 15 is 0 Å². The summed E-state index contributed by atoms with van der Waals surface area (Å²) in [6.45, 7) is 0.621. The lowest BCUT2D eigenvalue weighted by atomic mass is 9.89. The molecule has 0 radical (unpaired) electrons. The number of fused-ring (bicyclic) bond motifs is 1. The van der Waals surface area contributed by atoms with Crippen LogP contribution < -0.4 is 10.5 Å².